The maximum Gasteiger partial charge on any atom is 0.255 e. The Morgan fingerprint density at radius 1 is 0.889 bits per heavy atom. The van der Waals surface area contributed by atoms with Crippen LogP contribution in [0.1, 0.15) is 45.6 Å². The molecule has 1 atom stereocenters. The third-order valence-corrected chi connectivity index (χ3v) is 9.44. The molecule has 11 heteroatoms. The third kappa shape index (κ3) is 5.56. The number of carbonyl (C=O) groups is 3. The number of aromatic nitrogens is 1. The van der Waals surface area contributed by atoms with Crippen molar-refractivity contribution >= 4 is 23.4 Å². The van der Waals surface area contributed by atoms with Crippen LogP contribution < -0.4 is 25.2 Å². The number of amides is 3. The van der Waals surface area contributed by atoms with Gasteiger partial charge in [0.1, 0.15) is 17.5 Å². The standard InChI is InChI=1S/C34H39N5O6/c1-20-14-26(21(2)36(3)33(20)42)22-16-29(44-4)27(30(17-22)45-5)19-37-10-12-38(13-11-37)24-6-7-25-23(15-24)18-39(34(25)43)28-8-9-31(40)35-32(28)41/h6-7,14-17,28H,8-13,18-19H2,1-5H3,(H,35,40,41). The summed E-state index contributed by atoms with van der Waals surface area (Å²) in [7, 11) is 5.12. The van der Waals surface area contributed by atoms with Crippen LogP contribution in [0, 0.1) is 13.8 Å². The van der Waals surface area contributed by atoms with Crippen LogP contribution in [-0.2, 0) is 29.7 Å². The number of ether oxygens (including phenoxy) is 2. The molecule has 0 aliphatic carbocycles. The summed E-state index contributed by atoms with van der Waals surface area (Å²) in [5, 5.41) is 2.36. The molecule has 3 amide bonds. The fourth-order valence-electron chi connectivity index (χ4n) is 6.71. The Labute approximate surface area is 262 Å². The lowest BCUT2D eigenvalue weighted by Gasteiger charge is -2.36. The highest BCUT2D eigenvalue weighted by atomic mass is 16.5. The van der Waals surface area contributed by atoms with Crippen molar-refractivity contribution in [2.45, 2.75) is 45.8 Å². The maximum absolute atomic E-state index is 13.1. The molecule has 3 aliphatic rings. The van der Waals surface area contributed by atoms with E-state index in [0.29, 0.717) is 30.6 Å². The molecule has 6 rings (SSSR count). The van der Waals surface area contributed by atoms with Gasteiger partial charge in [-0.25, -0.2) is 0 Å². The molecule has 236 valence electrons. The highest BCUT2D eigenvalue weighted by Crippen LogP contribution is 2.37. The van der Waals surface area contributed by atoms with E-state index in [9.17, 15) is 19.2 Å². The number of fused-ring (bicyclic) bond motifs is 1. The van der Waals surface area contributed by atoms with Gasteiger partial charge < -0.3 is 23.8 Å². The molecule has 2 saturated heterocycles. The number of nitrogens with one attached hydrogen (secondary N) is 1. The van der Waals surface area contributed by atoms with Gasteiger partial charge in [0, 0.05) is 80.8 Å². The number of hydrogen-bond acceptors (Lipinski definition) is 8. The largest absolute Gasteiger partial charge is 0.496 e. The van der Waals surface area contributed by atoms with E-state index in [2.05, 4.69) is 21.2 Å². The average Bonchev–Trinajstić information content (AvgIpc) is 3.37. The Hall–Kier alpha value is -4.64. The van der Waals surface area contributed by atoms with Crippen molar-refractivity contribution in [3.05, 3.63) is 74.7 Å². The van der Waals surface area contributed by atoms with Gasteiger partial charge in [-0.1, -0.05) is 0 Å². The Balaban J connectivity index is 1.15. The van der Waals surface area contributed by atoms with Crippen molar-refractivity contribution < 1.29 is 23.9 Å². The molecule has 0 bridgehead atoms. The zero-order valence-corrected chi connectivity index (χ0v) is 26.4. The van der Waals surface area contributed by atoms with E-state index in [1.807, 2.05) is 44.2 Å². The summed E-state index contributed by atoms with van der Waals surface area (Å²) in [5.41, 5.74) is 6.99. The normalized spacial score (nSPS) is 18.7. The number of piperidine rings is 1. The van der Waals surface area contributed by atoms with E-state index in [0.717, 1.165) is 71.3 Å². The van der Waals surface area contributed by atoms with Crippen molar-refractivity contribution in [3.63, 3.8) is 0 Å². The van der Waals surface area contributed by atoms with Gasteiger partial charge in [-0.3, -0.25) is 29.4 Å². The molecule has 1 aromatic heterocycles. The molecule has 0 saturated carbocycles. The fourth-order valence-corrected chi connectivity index (χ4v) is 6.71. The highest BCUT2D eigenvalue weighted by molar-refractivity contribution is 6.05. The molecule has 11 nitrogen and oxygen atoms in total. The Morgan fingerprint density at radius 3 is 2.22 bits per heavy atom. The first kappa shape index (κ1) is 30.4. The van der Waals surface area contributed by atoms with Crippen molar-refractivity contribution in [3.8, 4) is 22.6 Å². The molecule has 1 N–H and O–H groups in total. The number of nitrogens with zero attached hydrogens (tertiary/aromatic N) is 4. The van der Waals surface area contributed by atoms with Crippen LogP contribution in [0.4, 0.5) is 5.69 Å². The van der Waals surface area contributed by atoms with E-state index in [1.54, 1.807) is 30.7 Å². The van der Waals surface area contributed by atoms with Gasteiger partial charge in [0.25, 0.3) is 11.5 Å². The monoisotopic (exact) mass is 613 g/mol. The number of hydrogen-bond donors (Lipinski definition) is 1. The van der Waals surface area contributed by atoms with Crippen LogP contribution in [0.2, 0.25) is 0 Å². The second-order valence-corrected chi connectivity index (χ2v) is 12.1. The number of anilines is 1. The van der Waals surface area contributed by atoms with Crippen molar-refractivity contribution in [2.75, 3.05) is 45.3 Å². The number of aryl methyl sites for hydroxylation is 1. The van der Waals surface area contributed by atoms with Crippen LogP contribution in [0.5, 0.6) is 11.5 Å². The lowest BCUT2D eigenvalue weighted by molar-refractivity contribution is -0.136. The van der Waals surface area contributed by atoms with Crippen molar-refractivity contribution in [1.82, 2.24) is 19.7 Å². The summed E-state index contributed by atoms with van der Waals surface area (Å²) in [6.07, 6.45) is 0.590. The van der Waals surface area contributed by atoms with Crippen molar-refractivity contribution in [1.29, 1.82) is 0 Å². The predicted octanol–water partition coefficient (Wildman–Crippen LogP) is 2.77. The quantitative estimate of drug-likeness (QED) is 0.405. The van der Waals surface area contributed by atoms with Crippen LogP contribution in [0.25, 0.3) is 11.1 Å². The highest BCUT2D eigenvalue weighted by Gasteiger charge is 2.39. The van der Waals surface area contributed by atoms with E-state index >= 15 is 0 Å². The topological polar surface area (TPSA) is 113 Å². The number of rotatable bonds is 7. The second kappa shape index (κ2) is 12.0. The first-order valence-electron chi connectivity index (χ1n) is 15.3. The molecule has 0 spiro atoms. The number of carbonyl (C=O) groups excluding carboxylic acids is 3. The lowest BCUT2D eigenvalue weighted by Crippen LogP contribution is -2.52. The van der Waals surface area contributed by atoms with Gasteiger partial charge in [0.15, 0.2) is 0 Å². The second-order valence-electron chi connectivity index (χ2n) is 12.1. The van der Waals surface area contributed by atoms with E-state index in [1.165, 1.54) is 0 Å². The van der Waals surface area contributed by atoms with E-state index in [4.69, 9.17) is 9.47 Å². The third-order valence-electron chi connectivity index (χ3n) is 9.44. The summed E-state index contributed by atoms with van der Waals surface area (Å²) in [4.78, 5) is 55.8. The van der Waals surface area contributed by atoms with Gasteiger partial charge in [0.2, 0.25) is 11.8 Å². The van der Waals surface area contributed by atoms with Crippen LogP contribution in [0.15, 0.2) is 41.2 Å². The van der Waals surface area contributed by atoms with Gasteiger partial charge in [-0.2, -0.15) is 0 Å². The molecule has 2 fully saturated rings. The van der Waals surface area contributed by atoms with Gasteiger partial charge in [-0.15, -0.1) is 0 Å². The minimum absolute atomic E-state index is 0.00600. The van der Waals surface area contributed by atoms with Gasteiger partial charge in [-0.05, 0) is 67.8 Å². The summed E-state index contributed by atoms with van der Waals surface area (Å²) in [6, 6.07) is 11.2. The zero-order valence-electron chi connectivity index (χ0n) is 26.4. The van der Waals surface area contributed by atoms with Crippen molar-refractivity contribution in [2.24, 2.45) is 7.05 Å². The zero-order chi connectivity index (χ0) is 32.0. The van der Waals surface area contributed by atoms with E-state index in [-0.39, 0.29) is 23.8 Å². The Kier molecular flexibility index (Phi) is 8.13. The van der Waals surface area contributed by atoms with Crippen LogP contribution in [0.3, 0.4) is 0 Å². The van der Waals surface area contributed by atoms with Gasteiger partial charge >= 0.3 is 0 Å². The average molecular weight is 614 g/mol. The molecular weight excluding hydrogens is 574 g/mol. The number of pyridine rings is 1. The SMILES string of the molecule is COc1cc(-c2cc(C)c(=O)n(C)c2C)cc(OC)c1CN1CCN(c2ccc3c(c2)CN(C2CCC(=O)NC2=O)C3=O)CC1. The van der Waals surface area contributed by atoms with Crippen LogP contribution >= 0.6 is 0 Å². The number of benzene rings is 2. The molecule has 1 unspecified atom stereocenters. The molecule has 45 heavy (non-hydrogen) atoms. The van der Waals surface area contributed by atoms with Crippen LogP contribution in [-0.4, -0.2) is 78.5 Å². The smallest absolute Gasteiger partial charge is 0.255 e. The first-order valence-corrected chi connectivity index (χ1v) is 15.3. The Morgan fingerprint density at radius 2 is 1.58 bits per heavy atom. The summed E-state index contributed by atoms with van der Waals surface area (Å²) in [5.74, 6) is 0.625. The van der Waals surface area contributed by atoms with Gasteiger partial charge in [0.05, 0.1) is 19.8 Å². The summed E-state index contributed by atoms with van der Waals surface area (Å²) < 4.78 is 13.4. The summed E-state index contributed by atoms with van der Waals surface area (Å²) in [6.45, 7) is 8.05. The predicted molar refractivity (Wildman–Crippen MR) is 170 cm³/mol. The molecule has 3 aliphatic heterocycles. The molecule has 0 radical (unpaired) electrons. The number of methoxy groups -OCH3 is 2. The first-order chi connectivity index (χ1) is 21.6. The maximum atomic E-state index is 13.1. The minimum Gasteiger partial charge on any atom is -0.496 e. The molecule has 3 aromatic rings. The molecule has 4 heterocycles. The molecule has 2 aromatic carbocycles. The Bertz CT molecular complexity index is 1730. The lowest BCUT2D eigenvalue weighted by atomic mass is 9.99. The number of piperazine rings is 1. The molecular formula is C34H39N5O6. The summed E-state index contributed by atoms with van der Waals surface area (Å²) >= 11 is 0. The fraction of sp³-hybridized carbons (Fsp3) is 0.412. The minimum atomic E-state index is -0.618. The van der Waals surface area contributed by atoms with E-state index < -0.39 is 11.9 Å². The number of imide groups is 1.